The predicted octanol–water partition coefficient (Wildman–Crippen LogP) is 5.30. The van der Waals surface area contributed by atoms with Crippen molar-refractivity contribution in [1.29, 1.82) is 0 Å². The highest BCUT2D eigenvalue weighted by molar-refractivity contribution is 6.18. The molecule has 2 fully saturated rings. The molecule has 0 spiro atoms. The fourth-order valence-corrected chi connectivity index (χ4v) is 4.68. The number of nitrogens with zero attached hydrogens (tertiary/aromatic N) is 3. The number of aromatic amines is 1. The molecule has 3 heterocycles. The molecule has 5 rings (SSSR count). The van der Waals surface area contributed by atoms with Gasteiger partial charge >= 0.3 is 0 Å². The minimum atomic E-state index is -2.60. The number of fused-ring (bicyclic) bond motifs is 1. The third-order valence-corrected chi connectivity index (χ3v) is 6.89. The molecule has 33 heavy (non-hydrogen) atoms. The summed E-state index contributed by atoms with van der Waals surface area (Å²) in [6.45, 7) is 2.08. The molecule has 2 aliphatic carbocycles. The summed E-state index contributed by atoms with van der Waals surface area (Å²) in [6, 6.07) is 3.25. The molecule has 3 aromatic rings. The van der Waals surface area contributed by atoms with Crippen molar-refractivity contribution < 1.29 is 18.0 Å². The van der Waals surface area contributed by atoms with E-state index in [1.807, 2.05) is 0 Å². The molecule has 3 aromatic heterocycles. The van der Waals surface area contributed by atoms with Gasteiger partial charge in [0.05, 0.1) is 16.5 Å². The number of ketones is 1. The molecule has 0 aromatic carbocycles. The molecule has 0 saturated heterocycles. The number of H-pyrrole nitrogens is 1. The van der Waals surface area contributed by atoms with Crippen molar-refractivity contribution in [3.63, 3.8) is 0 Å². The summed E-state index contributed by atoms with van der Waals surface area (Å²) in [5, 5.41) is 3.90. The van der Waals surface area contributed by atoms with Crippen molar-refractivity contribution in [3.05, 3.63) is 47.4 Å². The number of pyridine rings is 1. The predicted molar refractivity (Wildman–Crippen MR) is 118 cm³/mol. The largest absolute Gasteiger partial charge is 0.367 e. The van der Waals surface area contributed by atoms with Crippen molar-refractivity contribution in [3.8, 4) is 0 Å². The summed E-state index contributed by atoms with van der Waals surface area (Å²) < 4.78 is 41.6. The Morgan fingerprint density at radius 2 is 1.94 bits per heavy atom. The van der Waals surface area contributed by atoms with Crippen molar-refractivity contribution >= 4 is 22.6 Å². The highest BCUT2D eigenvalue weighted by Crippen LogP contribution is 2.38. The number of alkyl halides is 2. The zero-order valence-electron chi connectivity index (χ0n) is 18.4. The van der Waals surface area contributed by atoms with Gasteiger partial charge in [-0.15, -0.1) is 0 Å². The van der Waals surface area contributed by atoms with E-state index in [1.165, 1.54) is 18.6 Å². The van der Waals surface area contributed by atoms with Crippen LogP contribution >= 0.6 is 0 Å². The first-order valence-corrected chi connectivity index (χ1v) is 11.5. The van der Waals surface area contributed by atoms with Gasteiger partial charge in [-0.05, 0) is 63.0 Å². The summed E-state index contributed by atoms with van der Waals surface area (Å²) in [6.07, 6.45) is 6.18. The van der Waals surface area contributed by atoms with E-state index < -0.39 is 17.7 Å². The second-order valence-electron chi connectivity index (χ2n) is 9.39. The van der Waals surface area contributed by atoms with Crippen LogP contribution in [0.15, 0.2) is 24.7 Å². The molecule has 2 N–H and O–H groups in total. The maximum atomic E-state index is 14.9. The van der Waals surface area contributed by atoms with Crippen LogP contribution in [0.1, 0.15) is 67.1 Å². The van der Waals surface area contributed by atoms with Crippen LogP contribution in [0.5, 0.6) is 0 Å². The van der Waals surface area contributed by atoms with Gasteiger partial charge in [0.1, 0.15) is 17.8 Å². The van der Waals surface area contributed by atoms with Gasteiger partial charge in [-0.3, -0.25) is 4.79 Å². The molecule has 0 radical (unpaired) electrons. The maximum Gasteiger partial charge on any atom is 0.248 e. The van der Waals surface area contributed by atoms with E-state index in [-0.39, 0.29) is 35.9 Å². The zero-order valence-corrected chi connectivity index (χ0v) is 18.4. The van der Waals surface area contributed by atoms with Crippen LogP contribution in [0.2, 0.25) is 0 Å². The third-order valence-electron chi connectivity index (χ3n) is 6.89. The van der Waals surface area contributed by atoms with Gasteiger partial charge in [0.15, 0.2) is 5.78 Å². The lowest BCUT2D eigenvalue weighted by atomic mass is 9.84. The van der Waals surface area contributed by atoms with Gasteiger partial charge in [0, 0.05) is 30.8 Å². The Morgan fingerprint density at radius 1 is 1.18 bits per heavy atom. The molecule has 2 aliphatic rings. The average Bonchev–Trinajstić information content (AvgIpc) is 3.54. The lowest BCUT2D eigenvalue weighted by molar-refractivity contribution is -0.0457. The fourth-order valence-electron chi connectivity index (χ4n) is 4.68. The number of halogens is 3. The molecule has 0 amide bonds. The van der Waals surface area contributed by atoms with E-state index in [2.05, 4.69) is 32.2 Å². The van der Waals surface area contributed by atoms with Crippen LogP contribution in [0.3, 0.4) is 0 Å². The molecular formula is C24H26F3N5O. The lowest BCUT2D eigenvalue weighted by Gasteiger charge is -2.28. The van der Waals surface area contributed by atoms with Crippen molar-refractivity contribution in [2.24, 2.45) is 11.8 Å². The van der Waals surface area contributed by atoms with Crippen LogP contribution in [0.4, 0.5) is 19.0 Å². The first-order chi connectivity index (χ1) is 15.8. The van der Waals surface area contributed by atoms with Crippen molar-refractivity contribution in [2.75, 3.05) is 5.32 Å². The molecule has 9 heteroatoms. The molecule has 0 unspecified atom stereocenters. The summed E-state index contributed by atoms with van der Waals surface area (Å²) in [5.41, 5.74) is 1.11. The Balaban J connectivity index is 1.37. The molecular weight excluding hydrogens is 431 g/mol. The van der Waals surface area contributed by atoms with Crippen LogP contribution in [0.25, 0.3) is 11.0 Å². The van der Waals surface area contributed by atoms with Gasteiger partial charge in [-0.25, -0.2) is 23.7 Å². The third kappa shape index (κ3) is 4.58. The number of anilines is 1. The van der Waals surface area contributed by atoms with Gasteiger partial charge in [0.2, 0.25) is 11.9 Å². The van der Waals surface area contributed by atoms with Crippen molar-refractivity contribution in [1.82, 2.24) is 19.9 Å². The van der Waals surface area contributed by atoms with Gasteiger partial charge in [-0.1, -0.05) is 0 Å². The van der Waals surface area contributed by atoms with E-state index in [1.54, 1.807) is 6.07 Å². The second kappa shape index (κ2) is 8.43. The van der Waals surface area contributed by atoms with Crippen molar-refractivity contribution in [2.45, 2.75) is 63.8 Å². The highest BCUT2D eigenvalue weighted by Gasteiger charge is 2.35. The number of carbonyl (C=O) groups is 1. The number of aromatic nitrogens is 4. The summed E-state index contributed by atoms with van der Waals surface area (Å²) in [7, 11) is 0. The fraction of sp³-hybridized carbons (Fsp3) is 0.500. The maximum absolute atomic E-state index is 14.9. The summed E-state index contributed by atoms with van der Waals surface area (Å²) >= 11 is 0. The first kappa shape index (κ1) is 21.9. The van der Waals surface area contributed by atoms with Gasteiger partial charge < -0.3 is 10.3 Å². The van der Waals surface area contributed by atoms with Crippen LogP contribution < -0.4 is 5.32 Å². The van der Waals surface area contributed by atoms with E-state index in [0.717, 1.165) is 12.8 Å². The first-order valence-electron chi connectivity index (χ1n) is 11.5. The molecule has 1 atom stereocenters. The molecule has 6 nitrogen and oxygen atoms in total. The van der Waals surface area contributed by atoms with Gasteiger partial charge in [0.25, 0.3) is 0 Å². The number of nitrogens with one attached hydrogen (secondary N) is 2. The Morgan fingerprint density at radius 3 is 2.64 bits per heavy atom. The standard InChI is InChI=1S/C24H26F3N5O/c1-13(15-2-3-15)31-23-19-18(11-28-22(19)29-12-30-23)20(33)17-5-4-16(32-21(17)25)10-14-6-8-24(26,27)9-7-14/h4-5,11-15H,2-3,6-10H2,1H3,(H2,28,29,30,31)/t13-/m1/s1. The quantitative estimate of drug-likeness (QED) is 0.372. The number of hydrogen-bond donors (Lipinski definition) is 2. The Hall–Kier alpha value is -2.97. The van der Waals surface area contributed by atoms with E-state index >= 15 is 0 Å². The average molecular weight is 458 g/mol. The molecule has 0 bridgehead atoms. The normalized spacial score (nSPS) is 19.5. The molecule has 0 aliphatic heterocycles. The smallest absolute Gasteiger partial charge is 0.248 e. The SMILES string of the molecule is C[C@@H](Nc1ncnc2[nH]cc(C(=O)c3ccc(CC4CCC(F)(F)CC4)nc3F)c12)C1CC1. The molecule has 2 saturated carbocycles. The van der Waals surface area contributed by atoms with E-state index in [4.69, 9.17) is 0 Å². The van der Waals surface area contributed by atoms with Crippen LogP contribution in [-0.4, -0.2) is 37.7 Å². The number of carbonyl (C=O) groups excluding carboxylic acids is 1. The molecule has 174 valence electrons. The topological polar surface area (TPSA) is 83.6 Å². The number of rotatable bonds is 7. The van der Waals surface area contributed by atoms with Crippen LogP contribution in [0, 0.1) is 17.8 Å². The van der Waals surface area contributed by atoms with Crippen LogP contribution in [-0.2, 0) is 6.42 Å². The second-order valence-corrected chi connectivity index (χ2v) is 9.39. The summed E-state index contributed by atoms with van der Waals surface area (Å²) in [5.74, 6) is -2.79. The monoisotopic (exact) mass is 457 g/mol. The summed E-state index contributed by atoms with van der Waals surface area (Å²) in [4.78, 5) is 28.7. The minimum absolute atomic E-state index is 0.0472. The lowest BCUT2D eigenvalue weighted by Crippen LogP contribution is -2.25. The van der Waals surface area contributed by atoms with E-state index in [9.17, 15) is 18.0 Å². The Bertz CT molecular complexity index is 1180. The van der Waals surface area contributed by atoms with Gasteiger partial charge in [-0.2, -0.15) is 4.39 Å². The Kier molecular flexibility index (Phi) is 5.58. The highest BCUT2D eigenvalue weighted by atomic mass is 19.3. The Labute approximate surface area is 189 Å². The van der Waals surface area contributed by atoms with E-state index in [0.29, 0.717) is 47.7 Å². The minimum Gasteiger partial charge on any atom is -0.367 e. The zero-order chi connectivity index (χ0) is 23.2. The number of hydrogen-bond acceptors (Lipinski definition) is 5.